The first-order chi connectivity index (χ1) is 6.26. The molecule has 1 rings (SSSR count). The van der Waals surface area contributed by atoms with Crippen molar-refractivity contribution >= 4 is 0 Å². The highest BCUT2D eigenvalue weighted by atomic mass is 16.5. The van der Waals surface area contributed by atoms with Crippen molar-refractivity contribution in [3.63, 3.8) is 0 Å². The first-order valence-electron chi connectivity index (χ1n) is 3.99. The zero-order chi connectivity index (χ0) is 9.68. The lowest BCUT2D eigenvalue weighted by Gasteiger charge is -2.05. The van der Waals surface area contributed by atoms with Gasteiger partial charge in [-0.05, 0) is 6.92 Å². The molecule has 0 aliphatic carbocycles. The summed E-state index contributed by atoms with van der Waals surface area (Å²) in [5.41, 5.74) is 5.29. The van der Waals surface area contributed by atoms with Gasteiger partial charge < -0.3 is 15.2 Å². The number of methoxy groups -OCH3 is 1. The first-order valence-corrected chi connectivity index (χ1v) is 3.99. The molecule has 0 saturated carbocycles. The third kappa shape index (κ3) is 2.87. The molecule has 0 saturated heterocycles. The quantitative estimate of drug-likeness (QED) is 0.718. The monoisotopic (exact) mass is 183 g/mol. The van der Waals surface area contributed by atoms with Crippen molar-refractivity contribution in [2.24, 2.45) is 5.73 Å². The number of aromatic nitrogens is 2. The second-order valence-corrected chi connectivity index (χ2v) is 2.43. The standard InChI is InChI=1S/C8H13N3O2/c1-6-10-7(12-2)5-8(11-6)13-4-3-9/h5H,3-4,9H2,1-2H3. The molecule has 0 aromatic carbocycles. The molecule has 0 atom stereocenters. The van der Waals surface area contributed by atoms with Gasteiger partial charge in [-0.2, -0.15) is 9.97 Å². The maximum absolute atomic E-state index is 5.29. The number of ether oxygens (including phenoxy) is 2. The molecule has 0 radical (unpaired) electrons. The number of hydrogen-bond donors (Lipinski definition) is 1. The van der Waals surface area contributed by atoms with E-state index in [1.807, 2.05) is 0 Å². The third-order valence-corrected chi connectivity index (χ3v) is 1.37. The maximum Gasteiger partial charge on any atom is 0.220 e. The summed E-state index contributed by atoms with van der Waals surface area (Å²) in [5, 5.41) is 0. The van der Waals surface area contributed by atoms with E-state index in [0.717, 1.165) is 0 Å². The first kappa shape index (κ1) is 9.73. The summed E-state index contributed by atoms with van der Waals surface area (Å²) in [6.07, 6.45) is 0. The lowest BCUT2D eigenvalue weighted by Crippen LogP contribution is -2.11. The Kier molecular flexibility index (Phi) is 3.45. The molecule has 5 heteroatoms. The van der Waals surface area contributed by atoms with Crippen molar-refractivity contribution in [2.45, 2.75) is 6.92 Å². The molecule has 2 N–H and O–H groups in total. The molecule has 5 nitrogen and oxygen atoms in total. The van der Waals surface area contributed by atoms with E-state index < -0.39 is 0 Å². The Bertz CT molecular complexity index is 278. The predicted molar refractivity (Wildman–Crippen MR) is 47.9 cm³/mol. The van der Waals surface area contributed by atoms with Crippen LogP contribution in [0, 0.1) is 6.92 Å². The van der Waals surface area contributed by atoms with Crippen LogP contribution in [-0.2, 0) is 0 Å². The highest BCUT2D eigenvalue weighted by molar-refractivity contribution is 5.20. The van der Waals surface area contributed by atoms with Crippen molar-refractivity contribution in [3.05, 3.63) is 11.9 Å². The number of nitrogens with zero attached hydrogens (tertiary/aromatic N) is 2. The molecule has 1 aromatic heterocycles. The van der Waals surface area contributed by atoms with Gasteiger partial charge in [-0.25, -0.2) is 0 Å². The van der Waals surface area contributed by atoms with Crippen LogP contribution in [0.4, 0.5) is 0 Å². The SMILES string of the molecule is COc1cc(OCCN)nc(C)n1. The molecule has 1 heterocycles. The van der Waals surface area contributed by atoms with E-state index in [2.05, 4.69) is 9.97 Å². The molecule has 1 aromatic rings. The van der Waals surface area contributed by atoms with E-state index in [1.54, 1.807) is 20.1 Å². The zero-order valence-electron chi connectivity index (χ0n) is 7.78. The summed E-state index contributed by atoms with van der Waals surface area (Å²) in [7, 11) is 1.55. The van der Waals surface area contributed by atoms with E-state index in [9.17, 15) is 0 Å². The van der Waals surface area contributed by atoms with Crippen LogP contribution >= 0.6 is 0 Å². The Morgan fingerprint density at radius 2 is 2.08 bits per heavy atom. The Morgan fingerprint density at radius 1 is 1.38 bits per heavy atom. The van der Waals surface area contributed by atoms with Gasteiger partial charge in [-0.15, -0.1) is 0 Å². The van der Waals surface area contributed by atoms with Crippen LogP contribution in [0.5, 0.6) is 11.8 Å². The van der Waals surface area contributed by atoms with Crippen molar-refractivity contribution in [3.8, 4) is 11.8 Å². The summed E-state index contributed by atoms with van der Waals surface area (Å²) in [6, 6.07) is 1.63. The molecular formula is C8H13N3O2. The molecule has 13 heavy (non-hydrogen) atoms. The van der Waals surface area contributed by atoms with Crippen molar-refractivity contribution in [2.75, 3.05) is 20.3 Å². The lowest BCUT2D eigenvalue weighted by molar-refractivity contribution is 0.308. The van der Waals surface area contributed by atoms with Crippen LogP contribution in [0.3, 0.4) is 0 Å². The van der Waals surface area contributed by atoms with Gasteiger partial charge in [-0.1, -0.05) is 0 Å². The van der Waals surface area contributed by atoms with Gasteiger partial charge in [-0.3, -0.25) is 0 Å². The molecule has 0 amide bonds. The molecule has 0 aliphatic heterocycles. The van der Waals surface area contributed by atoms with Crippen LogP contribution in [-0.4, -0.2) is 30.2 Å². The minimum atomic E-state index is 0.444. The van der Waals surface area contributed by atoms with Crippen LogP contribution in [0.2, 0.25) is 0 Å². The van der Waals surface area contributed by atoms with Crippen LogP contribution in [0.1, 0.15) is 5.82 Å². The fraction of sp³-hybridized carbons (Fsp3) is 0.500. The molecule has 72 valence electrons. The summed E-state index contributed by atoms with van der Waals surface area (Å²) in [6.45, 7) is 2.68. The fourth-order valence-corrected chi connectivity index (χ4v) is 0.856. The minimum Gasteiger partial charge on any atom is -0.481 e. The van der Waals surface area contributed by atoms with E-state index in [0.29, 0.717) is 30.7 Å². The maximum atomic E-state index is 5.29. The topological polar surface area (TPSA) is 70.3 Å². The van der Waals surface area contributed by atoms with Crippen LogP contribution in [0.25, 0.3) is 0 Å². The van der Waals surface area contributed by atoms with Crippen molar-refractivity contribution in [1.29, 1.82) is 0 Å². The molecule has 0 fully saturated rings. The second-order valence-electron chi connectivity index (χ2n) is 2.43. The lowest BCUT2D eigenvalue weighted by atomic mass is 10.5. The largest absolute Gasteiger partial charge is 0.481 e. The van der Waals surface area contributed by atoms with Gasteiger partial charge in [0.2, 0.25) is 11.8 Å². The van der Waals surface area contributed by atoms with E-state index in [1.165, 1.54) is 0 Å². The van der Waals surface area contributed by atoms with Gasteiger partial charge in [0, 0.05) is 6.54 Å². The predicted octanol–water partition coefficient (Wildman–Crippen LogP) is 0.131. The number of hydrogen-bond acceptors (Lipinski definition) is 5. The Morgan fingerprint density at radius 3 is 2.69 bits per heavy atom. The fourth-order valence-electron chi connectivity index (χ4n) is 0.856. The number of nitrogens with two attached hydrogens (primary N) is 1. The number of rotatable bonds is 4. The van der Waals surface area contributed by atoms with Crippen LogP contribution < -0.4 is 15.2 Å². The van der Waals surface area contributed by atoms with E-state index >= 15 is 0 Å². The average Bonchev–Trinajstić information content (AvgIpc) is 2.14. The molecule has 0 bridgehead atoms. The van der Waals surface area contributed by atoms with Crippen molar-refractivity contribution < 1.29 is 9.47 Å². The normalized spacial score (nSPS) is 9.77. The minimum absolute atomic E-state index is 0.444. The molecule has 0 spiro atoms. The highest BCUT2D eigenvalue weighted by Gasteiger charge is 2.01. The summed E-state index contributed by atoms with van der Waals surface area (Å²) in [5.74, 6) is 1.61. The third-order valence-electron chi connectivity index (χ3n) is 1.37. The van der Waals surface area contributed by atoms with E-state index in [-0.39, 0.29) is 0 Å². The Labute approximate surface area is 76.9 Å². The Balaban J connectivity index is 2.76. The van der Waals surface area contributed by atoms with Gasteiger partial charge in [0.1, 0.15) is 12.4 Å². The summed E-state index contributed by atoms with van der Waals surface area (Å²) in [4.78, 5) is 8.07. The molecule has 0 aliphatic rings. The van der Waals surface area contributed by atoms with E-state index in [4.69, 9.17) is 15.2 Å². The molecular weight excluding hydrogens is 170 g/mol. The summed E-state index contributed by atoms with van der Waals surface area (Å²) >= 11 is 0. The smallest absolute Gasteiger partial charge is 0.220 e. The average molecular weight is 183 g/mol. The van der Waals surface area contributed by atoms with Gasteiger partial charge in [0.25, 0.3) is 0 Å². The molecule has 0 unspecified atom stereocenters. The van der Waals surface area contributed by atoms with Crippen LogP contribution in [0.15, 0.2) is 6.07 Å². The summed E-state index contributed by atoms with van der Waals surface area (Å²) < 4.78 is 10.2. The zero-order valence-corrected chi connectivity index (χ0v) is 7.78. The van der Waals surface area contributed by atoms with Gasteiger partial charge in [0.05, 0.1) is 13.2 Å². The van der Waals surface area contributed by atoms with Gasteiger partial charge in [0.15, 0.2) is 0 Å². The highest BCUT2D eigenvalue weighted by Crippen LogP contribution is 2.14. The number of aryl methyl sites for hydroxylation is 1. The Hall–Kier alpha value is -1.36. The second kappa shape index (κ2) is 4.61. The van der Waals surface area contributed by atoms with Gasteiger partial charge >= 0.3 is 0 Å². The van der Waals surface area contributed by atoms with Crippen molar-refractivity contribution in [1.82, 2.24) is 9.97 Å².